The topological polar surface area (TPSA) is 78.9 Å². The summed E-state index contributed by atoms with van der Waals surface area (Å²) in [6.07, 6.45) is 0. The molecule has 0 saturated heterocycles. The Morgan fingerprint density at radius 2 is 0.710 bits per heavy atom. The fraction of sp³-hybridized carbons (Fsp3) is 0.125. The Balaban J connectivity index is 1.78. The monoisotopic (exact) mass is 416 g/mol. The summed E-state index contributed by atoms with van der Waals surface area (Å²) in [5.74, 6) is -2.38. The smallest absolute Gasteiger partial charge is 0.458 e. The molecule has 31 heavy (non-hydrogen) atoms. The molecule has 0 aromatic heterocycles. The lowest BCUT2D eigenvalue weighted by Gasteiger charge is -2.14. The van der Waals surface area contributed by atoms with E-state index in [4.69, 9.17) is 14.0 Å². The van der Waals surface area contributed by atoms with Gasteiger partial charge < -0.3 is 14.0 Å². The minimum Gasteiger partial charge on any atom is -0.458 e. The fourth-order valence-electron chi connectivity index (χ4n) is 2.61. The lowest BCUT2D eigenvalue weighted by atomic mass is 10.1. The van der Waals surface area contributed by atoms with Gasteiger partial charge in [-0.3, -0.25) is 0 Å². The highest BCUT2D eigenvalue weighted by atomic mass is 16.8. The highest BCUT2D eigenvalue weighted by Gasteiger charge is 2.37. The summed E-state index contributed by atoms with van der Waals surface area (Å²) in [4.78, 5) is 37.5. The van der Waals surface area contributed by atoms with Crippen LogP contribution in [-0.4, -0.2) is 25.2 Å². The van der Waals surface area contributed by atoms with Crippen molar-refractivity contribution >= 4 is 25.2 Å². The molecule has 0 fully saturated rings. The third-order valence-electron chi connectivity index (χ3n) is 4.47. The molecule has 0 unspecified atom stereocenters. The summed E-state index contributed by atoms with van der Waals surface area (Å²) >= 11 is 0. The molecule has 0 radical (unpaired) electrons. The van der Waals surface area contributed by atoms with E-state index < -0.39 is 25.2 Å². The van der Waals surface area contributed by atoms with Gasteiger partial charge in [0, 0.05) is 0 Å². The van der Waals surface area contributed by atoms with E-state index >= 15 is 0 Å². The zero-order valence-electron chi connectivity index (χ0n) is 17.5. The molecule has 0 atom stereocenters. The average Bonchev–Trinajstić information content (AvgIpc) is 2.75. The van der Waals surface area contributed by atoms with Gasteiger partial charge in [0.15, 0.2) is 0 Å². The van der Waals surface area contributed by atoms with Crippen molar-refractivity contribution in [2.24, 2.45) is 0 Å². The number of rotatable bonds is 6. The molecule has 0 bridgehead atoms. The van der Waals surface area contributed by atoms with E-state index in [1.54, 1.807) is 72.8 Å². The number of carbonyl (C=O) groups is 3. The van der Waals surface area contributed by atoms with Crippen LogP contribution in [0.5, 0.6) is 0 Å². The first kappa shape index (κ1) is 21.8. The van der Waals surface area contributed by atoms with Crippen LogP contribution in [0.15, 0.2) is 72.8 Å². The summed E-state index contributed by atoms with van der Waals surface area (Å²) in [5, 5.41) is 0. The summed E-state index contributed by atoms with van der Waals surface area (Å²) in [7, 11) is -1.85. The van der Waals surface area contributed by atoms with Gasteiger partial charge in [0.1, 0.15) is 0 Å². The molecule has 3 aromatic rings. The first-order valence-electron chi connectivity index (χ1n) is 9.65. The highest BCUT2D eigenvalue weighted by Crippen LogP contribution is 2.12. The van der Waals surface area contributed by atoms with Crippen LogP contribution in [0, 0.1) is 20.8 Å². The molecule has 0 amide bonds. The number of carbonyl (C=O) groups excluding carboxylic acids is 3. The van der Waals surface area contributed by atoms with Crippen molar-refractivity contribution in [2.75, 3.05) is 0 Å². The molecule has 0 spiro atoms. The van der Waals surface area contributed by atoms with Crippen LogP contribution in [0.4, 0.5) is 0 Å². The largest absolute Gasteiger partial charge is 0.870 e. The van der Waals surface area contributed by atoms with E-state index in [-0.39, 0.29) is 16.7 Å². The van der Waals surface area contributed by atoms with Gasteiger partial charge >= 0.3 is 25.2 Å². The summed E-state index contributed by atoms with van der Waals surface area (Å²) < 4.78 is 15.5. The maximum absolute atomic E-state index is 12.5. The van der Waals surface area contributed by atoms with Crippen LogP contribution in [-0.2, 0) is 14.0 Å². The van der Waals surface area contributed by atoms with Crippen molar-refractivity contribution in [3.05, 3.63) is 106 Å². The number of benzene rings is 3. The molecule has 7 heteroatoms. The van der Waals surface area contributed by atoms with Crippen molar-refractivity contribution in [1.29, 1.82) is 0 Å². The van der Waals surface area contributed by atoms with Crippen LogP contribution in [0.25, 0.3) is 0 Å². The van der Waals surface area contributed by atoms with Gasteiger partial charge in [-0.15, -0.1) is 0 Å². The highest BCUT2D eigenvalue weighted by molar-refractivity contribution is 6.45. The van der Waals surface area contributed by atoms with E-state index in [9.17, 15) is 14.4 Å². The molecule has 6 nitrogen and oxygen atoms in total. The molecular weight excluding hydrogens is 395 g/mol. The number of aryl methyl sites for hydroxylation is 3. The average molecular weight is 416 g/mol. The lowest BCUT2D eigenvalue weighted by Crippen LogP contribution is -2.35. The normalized spacial score (nSPS) is 10.2. The van der Waals surface area contributed by atoms with Crippen molar-refractivity contribution < 1.29 is 28.3 Å². The third-order valence-corrected chi connectivity index (χ3v) is 4.47. The fourth-order valence-corrected chi connectivity index (χ4v) is 2.61. The molecule has 3 rings (SSSR count). The molecule has 0 heterocycles. The summed E-state index contributed by atoms with van der Waals surface area (Å²) in [6.45, 7) is 5.64. The van der Waals surface area contributed by atoms with E-state index in [1.165, 1.54) is 0 Å². The predicted molar refractivity (Wildman–Crippen MR) is 116 cm³/mol. The first-order valence-corrected chi connectivity index (χ1v) is 9.65. The lowest BCUT2D eigenvalue weighted by molar-refractivity contribution is 0.0410. The first-order chi connectivity index (χ1) is 14.8. The number of hydrogen-bond donors (Lipinski definition) is 0. The van der Waals surface area contributed by atoms with Gasteiger partial charge in [0.05, 0.1) is 16.7 Å². The van der Waals surface area contributed by atoms with Gasteiger partial charge in [0.2, 0.25) is 0 Å². The Hall–Kier alpha value is -3.87. The molecule has 0 saturated carbocycles. The van der Waals surface area contributed by atoms with Crippen LogP contribution in [0.2, 0.25) is 0 Å². The number of hydrogen-bond acceptors (Lipinski definition) is 6. The Morgan fingerprint density at radius 1 is 0.484 bits per heavy atom. The zero-order chi connectivity index (χ0) is 22.4. The molecule has 0 aliphatic rings. The maximum atomic E-state index is 12.5. The van der Waals surface area contributed by atoms with Crippen LogP contribution >= 0.6 is 0 Å². The second-order valence-corrected chi connectivity index (χ2v) is 7.10. The SMILES string of the molecule is Cc1ccc(C(=O)OB(OC(=O)c2ccc(C)cc2)OC(=O)c2ccc(C)cc2)cc1. The van der Waals surface area contributed by atoms with Crippen molar-refractivity contribution in [2.45, 2.75) is 20.8 Å². The summed E-state index contributed by atoms with van der Waals surface area (Å²) in [5.41, 5.74) is 3.58. The van der Waals surface area contributed by atoms with Gasteiger partial charge in [-0.25, -0.2) is 14.4 Å². The maximum Gasteiger partial charge on any atom is 0.870 e. The molecule has 3 aromatic carbocycles. The van der Waals surface area contributed by atoms with Gasteiger partial charge in [-0.1, -0.05) is 53.1 Å². The molecule has 0 N–H and O–H groups in total. The van der Waals surface area contributed by atoms with Crippen molar-refractivity contribution in [3.63, 3.8) is 0 Å². The van der Waals surface area contributed by atoms with Crippen molar-refractivity contribution in [1.82, 2.24) is 0 Å². The predicted octanol–water partition coefficient (Wildman–Crippen LogP) is 4.47. The van der Waals surface area contributed by atoms with Gasteiger partial charge in [-0.05, 0) is 57.2 Å². The van der Waals surface area contributed by atoms with Crippen molar-refractivity contribution in [3.8, 4) is 0 Å². The van der Waals surface area contributed by atoms with Gasteiger partial charge in [0.25, 0.3) is 0 Å². The standard InChI is InChI=1S/C24H21BO6/c1-16-4-10-19(11-5-16)22(26)29-25(30-23(27)20-12-6-17(2)7-13-20)31-24(28)21-14-8-18(3)9-15-21/h4-15H,1-3H3. The zero-order valence-corrected chi connectivity index (χ0v) is 17.5. The van der Waals surface area contributed by atoms with Crippen LogP contribution < -0.4 is 0 Å². The van der Waals surface area contributed by atoms with Gasteiger partial charge in [-0.2, -0.15) is 0 Å². The molecule has 0 aliphatic heterocycles. The Morgan fingerprint density at radius 3 is 0.935 bits per heavy atom. The Kier molecular flexibility index (Phi) is 6.87. The van der Waals surface area contributed by atoms with Crippen LogP contribution in [0.1, 0.15) is 47.8 Å². The molecular formula is C24H21BO6. The Labute approximate surface area is 180 Å². The van der Waals surface area contributed by atoms with E-state index in [2.05, 4.69) is 0 Å². The minimum absolute atomic E-state index is 0.230. The molecule has 0 aliphatic carbocycles. The second-order valence-electron chi connectivity index (χ2n) is 7.10. The summed E-state index contributed by atoms with van der Waals surface area (Å²) in [6, 6.07) is 19.8. The second kappa shape index (κ2) is 9.76. The Bertz CT molecular complexity index is 931. The van der Waals surface area contributed by atoms with E-state index in [0.29, 0.717) is 0 Å². The third kappa shape index (κ3) is 6.06. The molecule has 156 valence electrons. The minimum atomic E-state index is -1.85. The quantitative estimate of drug-likeness (QED) is 0.552. The van der Waals surface area contributed by atoms with E-state index in [1.807, 2.05) is 20.8 Å². The van der Waals surface area contributed by atoms with Crippen LogP contribution in [0.3, 0.4) is 0 Å². The van der Waals surface area contributed by atoms with E-state index in [0.717, 1.165) is 16.7 Å².